The van der Waals surface area contributed by atoms with Gasteiger partial charge in [-0.1, -0.05) is 0 Å². The van der Waals surface area contributed by atoms with Gasteiger partial charge in [0.2, 0.25) is 11.8 Å². The van der Waals surface area contributed by atoms with E-state index in [1.54, 1.807) is 11.9 Å². The van der Waals surface area contributed by atoms with E-state index in [2.05, 4.69) is 0 Å². The van der Waals surface area contributed by atoms with Crippen LogP contribution in [0.4, 0.5) is 0 Å². The van der Waals surface area contributed by atoms with Gasteiger partial charge in [-0.05, 0) is 19.3 Å². The highest BCUT2D eigenvalue weighted by Gasteiger charge is 2.59. The Kier molecular flexibility index (Phi) is 3.92. The van der Waals surface area contributed by atoms with Gasteiger partial charge >= 0.3 is 0 Å². The Labute approximate surface area is 130 Å². The minimum absolute atomic E-state index is 0.0110. The molecule has 0 aromatic carbocycles. The molecule has 22 heavy (non-hydrogen) atoms. The van der Waals surface area contributed by atoms with Gasteiger partial charge in [0.25, 0.3) is 0 Å². The molecule has 3 fully saturated rings. The van der Waals surface area contributed by atoms with Gasteiger partial charge in [-0.15, -0.1) is 0 Å². The van der Waals surface area contributed by atoms with E-state index < -0.39 is 15.3 Å². The van der Waals surface area contributed by atoms with Crippen LogP contribution < -0.4 is 0 Å². The predicted molar refractivity (Wildman–Crippen MR) is 78.9 cm³/mol. The van der Waals surface area contributed by atoms with Crippen molar-refractivity contribution in [1.29, 1.82) is 0 Å². The van der Waals surface area contributed by atoms with Crippen molar-refractivity contribution in [3.8, 4) is 0 Å². The number of carbonyl (C=O) groups excluding carboxylic acids is 2. The number of sulfone groups is 1. The van der Waals surface area contributed by atoms with Crippen LogP contribution in [-0.4, -0.2) is 80.9 Å². The Morgan fingerprint density at radius 1 is 1.23 bits per heavy atom. The fourth-order valence-corrected chi connectivity index (χ4v) is 5.07. The van der Waals surface area contributed by atoms with E-state index in [9.17, 15) is 18.0 Å². The lowest BCUT2D eigenvalue weighted by molar-refractivity contribution is -0.152. The zero-order valence-electron chi connectivity index (χ0n) is 12.8. The number of amides is 2. The van der Waals surface area contributed by atoms with Gasteiger partial charge < -0.3 is 14.5 Å². The molecular weight excluding hydrogens is 308 g/mol. The highest BCUT2D eigenvalue weighted by molar-refractivity contribution is 7.91. The SMILES string of the molecule is CN(C(=O)C1(C(=O)N2CCOCC2)CC1)C1CCS(=O)(=O)C1. The monoisotopic (exact) mass is 330 g/mol. The molecule has 1 unspecified atom stereocenters. The summed E-state index contributed by atoms with van der Waals surface area (Å²) in [5.41, 5.74) is -0.946. The van der Waals surface area contributed by atoms with Gasteiger partial charge in [-0.3, -0.25) is 9.59 Å². The average Bonchev–Trinajstić information content (AvgIpc) is 3.24. The van der Waals surface area contributed by atoms with E-state index >= 15 is 0 Å². The molecule has 1 saturated carbocycles. The molecule has 0 bridgehead atoms. The van der Waals surface area contributed by atoms with Crippen LogP contribution in [0.3, 0.4) is 0 Å². The maximum Gasteiger partial charge on any atom is 0.238 e. The first-order chi connectivity index (χ1) is 10.4. The lowest BCUT2D eigenvalue weighted by Crippen LogP contribution is -2.51. The lowest BCUT2D eigenvalue weighted by Gasteiger charge is -2.33. The average molecular weight is 330 g/mol. The molecule has 7 nitrogen and oxygen atoms in total. The summed E-state index contributed by atoms with van der Waals surface area (Å²) in [5, 5.41) is 0. The first-order valence-electron chi connectivity index (χ1n) is 7.70. The first-order valence-corrected chi connectivity index (χ1v) is 9.53. The number of hydrogen-bond acceptors (Lipinski definition) is 5. The van der Waals surface area contributed by atoms with Crippen LogP contribution in [0.15, 0.2) is 0 Å². The molecule has 2 aliphatic heterocycles. The Morgan fingerprint density at radius 3 is 2.36 bits per heavy atom. The van der Waals surface area contributed by atoms with Gasteiger partial charge in [-0.25, -0.2) is 8.42 Å². The summed E-state index contributed by atoms with van der Waals surface area (Å²) in [4.78, 5) is 28.6. The Bertz CT molecular complexity index is 578. The predicted octanol–water partition coefficient (Wildman–Crippen LogP) is -0.729. The van der Waals surface area contributed by atoms with Crippen molar-refractivity contribution in [2.24, 2.45) is 5.41 Å². The zero-order valence-corrected chi connectivity index (χ0v) is 13.6. The molecule has 8 heteroatoms. The van der Waals surface area contributed by atoms with Crippen LogP contribution in [0.2, 0.25) is 0 Å². The molecule has 0 spiro atoms. The highest BCUT2D eigenvalue weighted by atomic mass is 32.2. The Hall–Kier alpha value is -1.15. The van der Waals surface area contributed by atoms with E-state index in [4.69, 9.17) is 4.74 Å². The minimum Gasteiger partial charge on any atom is -0.378 e. The van der Waals surface area contributed by atoms with Crippen LogP contribution in [0.25, 0.3) is 0 Å². The quantitative estimate of drug-likeness (QED) is 0.637. The van der Waals surface area contributed by atoms with Crippen LogP contribution in [0.1, 0.15) is 19.3 Å². The topological polar surface area (TPSA) is 84.0 Å². The van der Waals surface area contributed by atoms with Gasteiger partial charge in [0.15, 0.2) is 9.84 Å². The molecule has 3 aliphatic rings. The summed E-state index contributed by atoms with van der Waals surface area (Å²) in [6.45, 7) is 2.06. The summed E-state index contributed by atoms with van der Waals surface area (Å²) >= 11 is 0. The Morgan fingerprint density at radius 2 is 1.86 bits per heavy atom. The van der Waals surface area contributed by atoms with Gasteiger partial charge in [0, 0.05) is 26.2 Å². The number of ether oxygens (including phenoxy) is 1. The molecule has 2 saturated heterocycles. The maximum absolute atomic E-state index is 12.8. The van der Waals surface area contributed by atoms with Crippen LogP contribution >= 0.6 is 0 Å². The van der Waals surface area contributed by atoms with Crippen molar-refractivity contribution in [3.63, 3.8) is 0 Å². The van der Waals surface area contributed by atoms with Crippen molar-refractivity contribution < 1.29 is 22.7 Å². The van der Waals surface area contributed by atoms with Crippen molar-refractivity contribution in [1.82, 2.24) is 9.80 Å². The van der Waals surface area contributed by atoms with Crippen molar-refractivity contribution in [3.05, 3.63) is 0 Å². The molecule has 124 valence electrons. The largest absolute Gasteiger partial charge is 0.378 e. The van der Waals surface area contributed by atoms with E-state index in [0.29, 0.717) is 45.6 Å². The van der Waals surface area contributed by atoms with E-state index in [-0.39, 0.29) is 29.4 Å². The number of nitrogens with zero attached hydrogens (tertiary/aromatic N) is 2. The second-order valence-corrected chi connectivity index (χ2v) is 8.69. The van der Waals surface area contributed by atoms with E-state index in [0.717, 1.165) is 0 Å². The standard InChI is InChI=1S/C14H22N2O5S/c1-15(11-2-9-22(19,20)10-11)12(17)14(3-4-14)13(18)16-5-7-21-8-6-16/h11H,2-10H2,1H3. The van der Waals surface area contributed by atoms with Crippen LogP contribution in [0, 0.1) is 5.41 Å². The van der Waals surface area contributed by atoms with Crippen LogP contribution in [0.5, 0.6) is 0 Å². The first kappa shape index (κ1) is 15.7. The fourth-order valence-electron chi connectivity index (χ4n) is 3.30. The Balaban J connectivity index is 1.69. The van der Waals surface area contributed by atoms with Gasteiger partial charge in [0.05, 0.1) is 24.7 Å². The van der Waals surface area contributed by atoms with Crippen LogP contribution in [-0.2, 0) is 24.2 Å². The van der Waals surface area contributed by atoms with Crippen molar-refractivity contribution in [2.45, 2.75) is 25.3 Å². The summed E-state index contributed by atoms with van der Waals surface area (Å²) < 4.78 is 28.4. The summed E-state index contributed by atoms with van der Waals surface area (Å²) in [6.07, 6.45) is 1.59. The lowest BCUT2D eigenvalue weighted by atomic mass is 10.0. The third-order valence-corrected chi connectivity index (χ3v) is 6.69. The molecule has 3 rings (SSSR count). The van der Waals surface area contributed by atoms with Crippen molar-refractivity contribution >= 4 is 21.7 Å². The van der Waals surface area contributed by atoms with E-state index in [1.807, 2.05) is 0 Å². The summed E-state index contributed by atoms with van der Waals surface area (Å²) in [6, 6.07) is -0.299. The molecular formula is C14H22N2O5S. The minimum atomic E-state index is -3.05. The van der Waals surface area contributed by atoms with Crippen molar-refractivity contribution in [2.75, 3.05) is 44.9 Å². The number of morpholine rings is 1. The molecule has 0 aromatic heterocycles. The molecule has 1 aliphatic carbocycles. The molecule has 0 N–H and O–H groups in total. The maximum atomic E-state index is 12.8. The fraction of sp³-hybridized carbons (Fsp3) is 0.857. The van der Waals surface area contributed by atoms with Gasteiger partial charge in [0.1, 0.15) is 5.41 Å². The molecule has 0 radical (unpaired) electrons. The van der Waals surface area contributed by atoms with E-state index in [1.165, 1.54) is 4.90 Å². The summed E-state index contributed by atoms with van der Waals surface area (Å²) in [7, 11) is -1.42. The third kappa shape index (κ3) is 2.74. The molecule has 1 atom stereocenters. The number of carbonyl (C=O) groups is 2. The summed E-state index contributed by atoms with van der Waals surface area (Å²) in [5.74, 6) is -0.198. The smallest absolute Gasteiger partial charge is 0.238 e. The second kappa shape index (κ2) is 5.49. The molecule has 2 amide bonds. The number of hydrogen-bond donors (Lipinski definition) is 0. The highest BCUT2D eigenvalue weighted by Crippen LogP contribution is 2.49. The second-order valence-electron chi connectivity index (χ2n) is 6.46. The molecule has 0 aromatic rings. The number of rotatable bonds is 3. The zero-order chi connectivity index (χ0) is 16.0. The normalized spacial score (nSPS) is 29.1. The third-order valence-electron chi connectivity index (χ3n) is 4.94. The van der Waals surface area contributed by atoms with Gasteiger partial charge in [-0.2, -0.15) is 0 Å². The molecule has 2 heterocycles.